The third kappa shape index (κ3) is 5.09. The minimum Gasteiger partial charge on any atom is -0.355 e. The van der Waals surface area contributed by atoms with E-state index in [1.54, 1.807) is 0 Å². The van der Waals surface area contributed by atoms with Gasteiger partial charge in [0.05, 0.1) is 22.8 Å². The highest BCUT2D eigenvalue weighted by atomic mass is 14.8. The third-order valence-electron chi connectivity index (χ3n) is 6.96. The Labute approximate surface area is 214 Å². The first-order valence-electron chi connectivity index (χ1n) is 13.8. The zero-order chi connectivity index (χ0) is 25.1. The van der Waals surface area contributed by atoms with E-state index in [0.717, 1.165) is 96.2 Å². The maximum Gasteiger partial charge on any atom is 0.0690 e. The van der Waals surface area contributed by atoms with Crippen molar-refractivity contribution in [2.24, 2.45) is 0 Å². The van der Waals surface area contributed by atoms with Crippen LogP contribution in [0.2, 0.25) is 0 Å². The van der Waals surface area contributed by atoms with Gasteiger partial charge in [0.2, 0.25) is 0 Å². The monoisotopic (exact) mass is 478 g/mol. The van der Waals surface area contributed by atoms with Crippen LogP contribution in [0.5, 0.6) is 0 Å². The van der Waals surface area contributed by atoms with Gasteiger partial charge in [0.25, 0.3) is 0 Å². The Morgan fingerprint density at radius 1 is 0.528 bits per heavy atom. The van der Waals surface area contributed by atoms with E-state index in [-0.39, 0.29) is 0 Å². The van der Waals surface area contributed by atoms with Gasteiger partial charge in [0, 0.05) is 22.1 Å². The van der Waals surface area contributed by atoms with Gasteiger partial charge < -0.3 is 9.97 Å². The van der Waals surface area contributed by atoms with Gasteiger partial charge in [-0.05, 0) is 96.5 Å². The Morgan fingerprint density at radius 3 is 1.33 bits per heavy atom. The first-order chi connectivity index (χ1) is 17.6. The Balaban J connectivity index is 1.84. The second-order valence-electron chi connectivity index (χ2n) is 10.1. The number of hydrogen-bond acceptors (Lipinski definition) is 2. The molecule has 2 aliphatic rings. The number of aromatic nitrogens is 4. The number of nitrogens with one attached hydrogen (secondary N) is 2. The Bertz CT molecular complexity index is 1370. The summed E-state index contributed by atoms with van der Waals surface area (Å²) in [5, 5.41) is 0. The molecule has 4 nitrogen and oxygen atoms in total. The van der Waals surface area contributed by atoms with Crippen molar-refractivity contribution < 1.29 is 0 Å². The van der Waals surface area contributed by atoms with Gasteiger partial charge in [-0.25, -0.2) is 9.97 Å². The summed E-state index contributed by atoms with van der Waals surface area (Å²) < 4.78 is 0. The molecule has 5 heterocycles. The van der Waals surface area contributed by atoms with Crippen LogP contribution in [0.4, 0.5) is 0 Å². The van der Waals surface area contributed by atoms with E-state index >= 15 is 0 Å². The number of aryl methyl sites for hydroxylation is 2. The van der Waals surface area contributed by atoms with E-state index < -0.39 is 0 Å². The predicted molar refractivity (Wildman–Crippen MR) is 155 cm³/mol. The van der Waals surface area contributed by atoms with Crippen molar-refractivity contribution >= 4 is 45.4 Å². The van der Waals surface area contributed by atoms with Crippen LogP contribution in [-0.4, -0.2) is 19.9 Å². The highest BCUT2D eigenvalue weighted by molar-refractivity contribution is 5.87. The summed E-state index contributed by atoms with van der Waals surface area (Å²) in [6.45, 7) is 8.94. The molecular weight excluding hydrogens is 440 g/mol. The van der Waals surface area contributed by atoms with Crippen LogP contribution in [0.15, 0.2) is 36.4 Å². The van der Waals surface area contributed by atoms with Crippen LogP contribution in [0.1, 0.15) is 100 Å². The van der Waals surface area contributed by atoms with Gasteiger partial charge >= 0.3 is 0 Å². The standard InChI is InChI=1S/C32H38N4/c1-5-9-21-13-25-18-30-23(11-7-3)15-27(35-30)20-32-24(12-8-4)16-28(36-32)19-31-22(10-6-2)14-26(34-31)17-29(21)33-25/h13-20,33,36H,5-12H2,1-4H3. The van der Waals surface area contributed by atoms with E-state index in [9.17, 15) is 0 Å². The number of nitrogens with zero attached hydrogens (tertiary/aromatic N) is 2. The molecule has 0 atom stereocenters. The maximum absolute atomic E-state index is 5.07. The van der Waals surface area contributed by atoms with Crippen molar-refractivity contribution in [1.82, 2.24) is 19.9 Å². The van der Waals surface area contributed by atoms with E-state index in [2.05, 4.69) is 86.2 Å². The SMILES string of the molecule is CCCC1=Cc2cc3[nH]c(cc4nc(cc5[nH]c(cc1n2)cc5CCC)C=C4CCC)cc3CCC. The first kappa shape index (κ1) is 24.3. The van der Waals surface area contributed by atoms with Crippen molar-refractivity contribution in [2.75, 3.05) is 0 Å². The Kier molecular flexibility index (Phi) is 7.22. The average Bonchev–Trinajstić information content (AvgIpc) is 3.59. The summed E-state index contributed by atoms with van der Waals surface area (Å²) in [7, 11) is 0. The molecule has 0 radical (unpaired) electrons. The zero-order valence-electron chi connectivity index (χ0n) is 22.2. The second-order valence-corrected chi connectivity index (χ2v) is 10.1. The molecule has 36 heavy (non-hydrogen) atoms. The smallest absolute Gasteiger partial charge is 0.0690 e. The lowest BCUT2D eigenvalue weighted by Crippen LogP contribution is -1.82. The fraction of sp³-hybridized carbons (Fsp3) is 0.375. The Morgan fingerprint density at radius 2 is 0.944 bits per heavy atom. The van der Waals surface area contributed by atoms with Gasteiger partial charge in [0.15, 0.2) is 0 Å². The van der Waals surface area contributed by atoms with E-state index in [0.29, 0.717) is 0 Å². The normalized spacial score (nSPS) is 13.1. The molecule has 2 N–H and O–H groups in total. The molecule has 0 aliphatic carbocycles. The first-order valence-corrected chi connectivity index (χ1v) is 13.8. The van der Waals surface area contributed by atoms with E-state index in [1.165, 1.54) is 22.3 Å². The molecule has 0 amide bonds. The fourth-order valence-electron chi connectivity index (χ4n) is 5.36. The zero-order valence-corrected chi connectivity index (χ0v) is 22.2. The molecule has 0 saturated heterocycles. The summed E-state index contributed by atoms with van der Waals surface area (Å²) in [6, 6.07) is 13.5. The van der Waals surface area contributed by atoms with Crippen LogP contribution in [0, 0.1) is 0 Å². The van der Waals surface area contributed by atoms with Crippen LogP contribution < -0.4 is 0 Å². The number of rotatable bonds is 8. The third-order valence-corrected chi connectivity index (χ3v) is 6.96. The molecule has 5 rings (SSSR count). The summed E-state index contributed by atoms with van der Waals surface area (Å²) >= 11 is 0. The van der Waals surface area contributed by atoms with Crippen LogP contribution in [0.25, 0.3) is 45.4 Å². The summed E-state index contributed by atoms with van der Waals surface area (Å²) in [6.07, 6.45) is 13.1. The van der Waals surface area contributed by atoms with Crippen LogP contribution in [0.3, 0.4) is 0 Å². The summed E-state index contributed by atoms with van der Waals surface area (Å²) in [5.41, 5.74) is 14.0. The lowest BCUT2D eigenvalue weighted by Gasteiger charge is -1.97. The van der Waals surface area contributed by atoms with Gasteiger partial charge in [-0.1, -0.05) is 53.4 Å². The fourth-order valence-corrected chi connectivity index (χ4v) is 5.36. The molecule has 0 unspecified atom stereocenters. The van der Waals surface area contributed by atoms with E-state index in [1.807, 2.05) is 0 Å². The number of allylic oxidation sites excluding steroid dienone is 2. The molecule has 0 saturated carbocycles. The molecule has 0 spiro atoms. The van der Waals surface area contributed by atoms with Gasteiger partial charge in [0.1, 0.15) is 0 Å². The molecule has 186 valence electrons. The maximum atomic E-state index is 5.07. The van der Waals surface area contributed by atoms with E-state index in [4.69, 9.17) is 9.97 Å². The van der Waals surface area contributed by atoms with Crippen molar-refractivity contribution in [1.29, 1.82) is 0 Å². The van der Waals surface area contributed by atoms with Crippen LogP contribution in [-0.2, 0) is 12.8 Å². The van der Waals surface area contributed by atoms with Crippen molar-refractivity contribution in [3.8, 4) is 0 Å². The molecule has 4 heteroatoms. The quantitative estimate of drug-likeness (QED) is 0.339. The molecule has 0 aromatic carbocycles. The largest absolute Gasteiger partial charge is 0.355 e. The van der Waals surface area contributed by atoms with Crippen molar-refractivity contribution in [3.63, 3.8) is 0 Å². The highest BCUT2D eigenvalue weighted by Gasteiger charge is 2.13. The highest BCUT2D eigenvalue weighted by Crippen LogP contribution is 2.30. The van der Waals surface area contributed by atoms with Crippen LogP contribution >= 0.6 is 0 Å². The lowest BCUT2D eigenvalue weighted by atomic mass is 10.1. The van der Waals surface area contributed by atoms with Gasteiger partial charge in [-0.15, -0.1) is 0 Å². The number of fused-ring (bicyclic) bond motifs is 8. The molecular formula is C32H38N4. The molecule has 3 aromatic heterocycles. The van der Waals surface area contributed by atoms with Crippen molar-refractivity contribution in [2.45, 2.75) is 79.1 Å². The Hall–Kier alpha value is -3.40. The van der Waals surface area contributed by atoms with Gasteiger partial charge in [-0.2, -0.15) is 0 Å². The minimum atomic E-state index is 1.02. The van der Waals surface area contributed by atoms with Crippen molar-refractivity contribution in [3.05, 3.63) is 70.3 Å². The number of aromatic amines is 2. The number of H-pyrrole nitrogens is 2. The molecule has 8 bridgehead atoms. The lowest BCUT2D eigenvalue weighted by molar-refractivity contribution is 0.931. The summed E-state index contributed by atoms with van der Waals surface area (Å²) in [5.74, 6) is 0. The molecule has 3 aromatic rings. The molecule has 2 aliphatic heterocycles. The number of hydrogen-bond donors (Lipinski definition) is 2. The molecule has 0 fully saturated rings. The predicted octanol–water partition coefficient (Wildman–Crippen LogP) is 8.90. The topological polar surface area (TPSA) is 57.4 Å². The minimum absolute atomic E-state index is 1.02. The second kappa shape index (κ2) is 10.7. The average molecular weight is 479 g/mol. The van der Waals surface area contributed by atoms with Gasteiger partial charge in [-0.3, -0.25) is 0 Å². The summed E-state index contributed by atoms with van der Waals surface area (Å²) in [4.78, 5) is 17.5.